The molecule has 1 aromatic heterocycles. The van der Waals surface area contributed by atoms with Crippen LogP contribution in [0.5, 0.6) is 0 Å². The van der Waals surface area contributed by atoms with E-state index in [2.05, 4.69) is 23.4 Å². The molecule has 82 valence electrons. The maximum absolute atomic E-state index is 5.68. The number of pyridine rings is 1. The van der Waals surface area contributed by atoms with E-state index in [0.717, 1.165) is 0 Å². The zero-order valence-electron chi connectivity index (χ0n) is 9.24. The van der Waals surface area contributed by atoms with Crippen LogP contribution < -0.4 is 11.3 Å². The highest BCUT2D eigenvalue weighted by Gasteiger charge is 2.26. The molecule has 1 aliphatic carbocycles. The fourth-order valence-corrected chi connectivity index (χ4v) is 2.57. The largest absolute Gasteiger partial charge is 0.271 e. The summed E-state index contributed by atoms with van der Waals surface area (Å²) in [6.07, 6.45) is 9.01. The van der Waals surface area contributed by atoms with E-state index in [1.165, 1.54) is 36.8 Å². The molecule has 1 fully saturated rings. The fraction of sp³-hybridized carbons (Fsp3) is 0.583. The van der Waals surface area contributed by atoms with Gasteiger partial charge in [-0.1, -0.05) is 12.8 Å². The van der Waals surface area contributed by atoms with Crippen molar-refractivity contribution in [1.29, 1.82) is 0 Å². The summed E-state index contributed by atoms with van der Waals surface area (Å²) in [5, 5.41) is 0. The number of aryl methyl sites for hydroxylation is 1. The van der Waals surface area contributed by atoms with Gasteiger partial charge < -0.3 is 0 Å². The van der Waals surface area contributed by atoms with Gasteiger partial charge in [-0.25, -0.2) is 0 Å². The van der Waals surface area contributed by atoms with Gasteiger partial charge in [0.25, 0.3) is 0 Å². The Hall–Kier alpha value is -0.930. The number of aromatic nitrogens is 1. The number of hydrazine groups is 1. The molecule has 0 spiro atoms. The Labute approximate surface area is 91.1 Å². The molecule has 0 aliphatic heterocycles. The minimum Gasteiger partial charge on any atom is -0.271 e. The van der Waals surface area contributed by atoms with E-state index in [1.54, 1.807) is 0 Å². The third kappa shape index (κ3) is 2.19. The molecule has 3 nitrogen and oxygen atoms in total. The van der Waals surface area contributed by atoms with Crippen LogP contribution in [0, 0.1) is 12.8 Å². The highest BCUT2D eigenvalue weighted by Crippen LogP contribution is 2.35. The topological polar surface area (TPSA) is 50.9 Å². The number of hydrogen-bond acceptors (Lipinski definition) is 3. The summed E-state index contributed by atoms with van der Waals surface area (Å²) in [7, 11) is 0. The molecule has 1 saturated carbocycles. The average Bonchev–Trinajstić information content (AvgIpc) is 2.75. The Morgan fingerprint density at radius 2 is 2.20 bits per heavy atom. The normalized spacial score (nSPS) is 19.3. The molecule has 1 unspecified atom stereocenters. The lowest BCUT2D eigenvalue weighted by Crippen LogP contribution is -2.33. The molecule has 3 N–H and O–H groups in total. The van der Waals surface area contributed by atoms with E-state index >= 15 is 0 Å². The summed E-state index contributed by atoms with van der Waals surface area (Å²) in [6.45, 7) is 2.12. The number of nitrogens with one attached hydrogen (secondary N) is 1. The van der Waals surface area contributed by atoms with Crippen LogP contribution in [0.1, 0.15) is 42.9 Å². The lowest BCUT2D eigenvalue weighted by atomic mass is 9.91. The predicted octanol–water partition coefficient (Wildman–Crippen LogP) is 2.08. The fourth-order valence-electron chi connectivity index (χ4n) is 2.57. The first-order valence-corrected chi connectivity index (χ1v) is 5.69. The SMILES string of the molecule is Cc1ccncc1C(NN)C1CCCC1. The average molecular weight is 205 g/mol. The molecule has 2 rings (SSSR count). The highest BCUT2D eigenvalue weighted by molar-refractivity contribution is 5.25. The van der Waals surface area contributed by atoms with E-state index in [-0.39, 0.29) is 6.04 Å². The van der Waals surface area contributed by atoms with Crippen molar-refractivity contribution in [1.82, 2.24) is 10.4 Å². The molecule has 0 aromatic carbocycles. The van der Waals surface area contributed by atoms with Gasteiger partial charge >= 0.3 is 0 Å². The van der Waals surface area contributed by atoms with Crippen molar-refractivity contribution in [2.24, 2.45) is 11.8 Å². The van der Waals surface area contributed by atoms with E-state index in [9.17, 15) is 0 Å². The van der Waals surface area contributed by atoms with Gasteiger partial charge in [0, 0.05) is 12.4 Å². The second-order valence-electron chi connectivity index (χ2n) is 4.42. The zero-order valence-corrected chi connectivity index (χ0v) is 9.24. The third-order valence-corrected chi connectivity index (χ3v) is 3.47. The second-order valence-corrected chi connectivity index (χ2v) is 4.42. The van der Waals surface area contributed by atoms with Gasteiger partial charge in [-0.05, 0) is 42.9 Å². The van der Waals surface area contributed by atoms with Gasteiger partial charge in [-0.3, -0.25) is 16.3 Å². The first-order valence-electron chi connectivity index (χ1n) is 5.69. The monoisotopic (exact) mass is 205 g/mol. The molecule has 0 saturated heterocycles. The van der Waals surface area contributed by atoms with Crippen LogP contribution in [0.25, 0.3) is 0 Å². The summed E-state index contributed by atoms with van der Waals surface area (Å²) in [4.78, 5) is 4.19. The van der Waals surface area contributed by atoms with Gasteiger partial charge in [0.15, 0.2) is 0 Å². The minimum absolute atomic E-state index is 0.279. The number of hydrogen-bond donors (Lipinski definition) is 2. The van der Waals surface area contributed by atoms with Gasteiger partial charge in [-0.2, -0.15) is 0 Å². The Bertz CT molecular complexity index is 318. The van der Waals surface area contributed by atoms with Gasteiger partial charge in [0.2, 0.25) is 0 Å². The second kappa shape index (κ2) is 4.73. The van der Waals surface area contributed by atoms with Crippen LogP contribution in [0.2, 0.25) is 0 Å². The van der Waals surface area contributed by atoms with E-state index in [4.69, 9.17) is 5.84 Å². The number of rotatable bonds is 3. The van der Waals surface area contributed by atoms with Crippen molar-refractivity contribution in [2.75, 3.05) is 0 Å². The lowest BCUT2D eigenvalue weighted by Gasteiger charge is -2.24. The standard InChI is InChI=1S/C12H19N3/c1-9-6-7-14-8-11(9)12(15-13)10-4-2-3-5-10/h6-8,10,12,15H,2-5,13H2,1H3. The van der Waals surface area contributed by atoms with Crippen LogP contribution in [0.3, 0.4) is 0 Å². The molecule has 3 heteroatoms. The van der Waals surface area contributed by atoms with Gasteiger partial charge in [0.05, 0.1) is 6.04 Å². The Kier molecular flexibility index (Phi) is 3.34. The molecule has 1 atom stereocenters. The highest BCUT2D eigenvalue weighted by atomic mass is 15.2. The van der Waals surface area contributed by atoms with Crippen LogP contribution in [0.15, 0.2) is 18.5 Å². The molecule has 15 heavy (non-hydrogen) atoms. The molecular formula is C12H19N3. The smallest absolute Gasteiger partial charge is 0.0506 e. The molecule has 0 radical (unpaired) electrons. The van der Waals surface area contributed by atoms with E-state index < -0.39 is 0 Å². The maximum atomic E-state index is 5.68. The maximum Gasteiger partial charge on any atom is 0.0506 e. The quantitative estimate of drug-likeness (QED) is 0.587. The first kappa shape index (κ1) is 10.6. The molecular weight excluding hydrogens is 186 g/mol. The summed E-state index contributed by atoms with van der Waals surface area (Å²) in [5.74, 6) is 6.35. The van der Waals surface area contributed by atoms with E-state index in [0.29, 0.717) is 5.92 Å². The summed E-state index contributed by atoms with van der Waals surface area (Å²) >= 11 is 0. The minimum atomic E-state index is 0.279. The first-order chi connectivity index (χ1) is 7.33. The van der Waals surface area contributed by atoms with Gasteiger partial charge in [-0.15, -0.1) is 0 Å². The van der Waals surface area contributed by atoms with Crippen LogP contribution in [0.4, 0.5) is 0 Å². The van der Waals surface area contributed by atoms with Crippen molar-refractivity contribution < 1.29 is 0 Å². The summed E-state index contributed by atoms with van der Waals surface area (Å²) in [6, 6.07) is 2.33. The Balaban J connectivity index is 2.22. The zero-order chi connectivity index (χ0) is 10.7. The lowest BCUT2D eigenvalue weighted by molar-refractivity contribution is 0.371. The molecule has 0 amide bonds. The summed E-state index contributed by atoms with van der Waals surface area (Å²) < 4.78 is 0. The summed E-state index contributed by atoms with van der Waals surface area (Å²) in [5.41, 5.74) is 5.50. The molecule has 0 bridgehead atoms. The van der Waals surface area contributed by atoms with Crippen molar-refractivity contribution in [3.63, 3.8) is 0 Å². The molecule has 1 aromatic rings. The van der Waals surface area contributed by atoms with E-state index in [1.807, 2.05) is 12.4 Å². The Morgan fingerprint density at radius 3 is 2.80 bits per heavy atom. The molecule has 1 aliphatic rings. The Morgan fingerprint density at radius 1 is 1.47 bits per heavy atom. The van der Waals surface area contributed by atoms with Crippen LogP contribution >= 0.6 is 0 Å². The van der Waals surface area contributed by atoms with Crippen molar-refractivity contribution >= 4 is 0 Å². The predicted molar refractivity (Wildman–Crippen MR) is 61.0 cm³/mol. The van der Waals surface area contributed by atoms with Crippen LogP contribution in [-0.2, 0) is 0 Å². The third-order valence-electron chi connectivity index (χ3n) is 3.47. The van der Waals surface area contributed by atoms with Gasteiger partial charge in [0.1, 0.15) is 0 Å². The van der Waals surface area contributed by atoms with Crippen LogP contribution in [-0.4, -0.2) is 4.98 Å². The number of nitrogens with two attached hydrogens (primary N) is 1. The van der Waals surface area contributed by atoms with Crippen molar-refractivity contribution in [3.05, 3.63) is 29.6 Å². The van der Waals surface area contributed by atoms with Crippen molar-refractivity contribution in [3.8, 4) is 0 Å². The molecule has 1 heterocycles. The van der Waals surface area contributed by atoms with Crippen molar-refractivity contribution in [2.45, 2.75) is 38.6 Å². The number of nitrogens with zero attached hydrogens (tertiary/aromatic N) is 1.